The first-order valence-corrected chi connectivity index (χ1v) is 14.0. The lowest BCUT2D eigenvalue weighted by Gasteiger charge is -2.29. The van der Waals surface area contributed by atoms with Gasteiger partial charge in [0.25, 0.3) is 0 Å². The van der Waals surface area contributed by atoms with Crippen molar-refractivity contribution in [1.29, 1.82) is 0 Å². The number of alkyl carbamates (subject to hydrolysis) is 1. The summed E-state index contributed by atoms with van der Waals surface area (Å²) in [6.07, 6.45) is 8.58. The van der Waals surface area contributed by atoms with Gasteiger partial charge in [0.2, 0.25) is 0 Å². The van der Waals surface area contributed by atoms with Crippen molar-refractivity contribution in [2.24, 2.45) is 0 Å². The van der Waals surface area contributed by atoms with Gasteiger partial charge < -0.3 is 14.8 Å². The molecule has 2 atom stereocenters. The van der Waals surface area contributed by atoms with Crippen molar-refractivity contribution >= 4 is 11.9 Å². The van der Waals surface area contributed by atoms with Gasteiger partial charge in [-0.1, -0.05) is 106 Å². The fourth-order valence-electron chi connectivity index (χ4n) is 4.30. The maximum atomic E-state index is 13.0. The van der Waals surface area contributed by atoms with Crippen LogP contribution in [0, 0.1) is 0 Å². The van der Waals surface area contributed by atoms with Gasteiger partial charge in [0.1, 0.15) is 11.4 Å². The molecule has 0 saturated carbocycles. The first kappa shape index (κ1) is 30.6. The highest BCUT2D eigenvalue weighted by atomic mass is 16.6. The average Bonchev–Trinajstić information content (AvgIpc) is 2.86. The predicted octanol–water partition coefficient (Wildman–Crippen LogP) is 7.81. The second kappa shape index (κ2) is 17.0. The van der Waals surface area contributed by atoms with E-state index in [4.69, 9.17) is 9.47 Å². The summed E-state index contributed by atoms with van der Waals surface area (Å²) in [5, 5.41) is 3.02. The Morgan fingerprint density at radius 1 is 0.811 bits per heavy atom. The quantitative estimate of drug-likeness (QED) is 0.221. The minimum Gasteiger partial charge on any atom is -0.444 e. The maximum absolute atomic E-state index is 13.0. The Hall–Kier alpha value is -2.66. The molecule has 37 heavy (non-hydrogen) atoms. The van der Waals surface area contributed by atoms with Crippen molar-refractivity contribution in [3.63, 3.8) is 0 Å². The van der Waals surface area contributed by atoms with Crippen molar-refractivity contribution in [3.8, 4) is 0 Å². The van der Waals surface area contributed by atoms with E-state index < -0.39 is 23.8 Å². The Bertz CT molecular complexity index is 892. The second-order valence-corrected chi connectivity index (χ2v) is 10.9. The van der Waals surface area contributed by atoms with Crippen LogP contribution in [0.3, 0.4) is 0 Å². The van der Waals surface area contributed by atoms with Crippen LogP contribution in [0.15, 0.2) is 60.7 Å². The van der Waals surface area contributed by atoms with Gasteiger partial charge in [0.15, 0.2) is 0 Å². The first-order chi connectivity index (χ1) is 17.8. The molecule has 1 amide bonds. The highest BCUT2D eigenvalue weighted by Gasteiger charge is 2.29. The number of unbranched alkanes of at least 4 members (excludes halogenated alkanes) is 6. The number of rotatable bonds is 17. The van der Waals surface area contributed by atoms with Crippen LogP contribution in [-0.4, -0.2) is 29.6 Å². The number of nitrogens with one attached hydrogen (secondary N) is 1. The van der Waals surface area contributed by atoms with E-state index in [1.807, 2.05) is 81.4 Å². The maximum Gasteiger partial charge on any atom is 0.407 e. The predicted molar refractivity (Wildman–Crippen MR) is 151 cm³/mol. The molecule has 5 heteroatoms. The van der Waals surface area contributed by atoms with Crippen LogP contribution < -0.4 is 5.32 Å². The molecule has 0 aliphatic carbocycles. The fraction of sp³-hybridized carbons (Fsp3) is 0.562. The number of hydrogen-bond acceptors (Lipinski definition) is 4. The molecule has 1 N–H and O–H groups in total. The molecule has 0 unspecified atom stereocenters. The minimum atomic E-state index is -0.616. The zero-order valence-corrected chi connectivity index (χ0v) is 23.3. The number of carbonyl (C=O) groups is 2. The van der Waals surface area contributed by atoms with E-state index in [2.05, 4.69) is 12.2 Å². The molecule has 2 rings (SSSR count). The van der Waals surface area contributed by atoms with Gasteiger partial charge in [-0.3, -0.25) is 4.79 Å². The second-order valence-electron chi connectivity index (χ2n) is 10.9. The van der Waals surface area contributed by atoms with E-state index in [1.165, 1.54) is 32.1 Å². The van der Waals surface area contributed by atoms with E-state index in [-0.39, 0.29) is 12.2 Å². The number of ketones is 1. The van der Waals surface area contributed by atoms with Gasteiger partial charge >= 0.3 is 6.09 Å². The summed E-state index contributed by atoms with van der Waals surface area (Å²) in [7, 11) is 0. The summed E-state index contributed by atoms with van der Waals surface area (Å²) in [6.45, 7) is 8.12. The SMILES string of the molecule is CCCCCCCCCC(=O)C[C@H](OCc1ccccc1)[C@H](Cc1ccccc1)NC(=O)OC(C)(C)C. The fourth-order valence-corrected chi connectivity index (χ4v) is 4.30. The minimum absolute atomic E-state index is 0.177. The van der Waals surface area contributed by atoms with Crippen LogP contribution in [0.25, 0.3) is 0 Å². The summed E-state index contributed by atoms with van der Waals surface area (Å²) in [4.78, 5) is 25.8. The van der Waals surface area contributed by atoms with Crippen molar-refractivity contribution in [1.82, 2.24) is 5.32 Å². The van der Waals surface area contributed by atoms with Gasteiger partial charge in [0, 0.05) is 12.8 Å². The molecule has 0 fully saturated rings. The molecule has 0 radical (unpaired) electrons. The molecule has 0 aliphatic heterocycles. The summed E-state index contributed by atoms with van der Waals surface area (Å²) in [5.74, 6) is 0.177. The van der Waals surface area contributed by atoms with Crippen LogP contribution in [0.5, 0.6) is 0 Å². The zero-order valence-electron chi connectivity index (χ0n) is 23.3. The Kier molecular flexibility index (Phi) is 14.0. The standard InChI is InChI=1S/C32H47NO4/c1-5-6-7-8-9-10-17-22-28(34)24-30(36-25-27-20-15-12-16-21-27)29(23-26-18-13-11-14-19-26)33-31(35)37-32(2,3)4/h11-16,18-21,29-30H,5-10,17,22-25H2,1-4H3,(H,33,35)/t29-,30-/m0/s1. The number of hydrogen-bond donors (Lipinski definition) is 1. The monoisotopic (exact) mass is 509 g/mol. The molecule has 0 bridgehead atoms. The number of carbonyl (C=O) groups excluding carboxylic acids is 2. The number of amides is 1. The molecule has 0 aromatic heterocycles. The highest BCUT2D eigenvalue weighted by molar-refractivity contribution is 5.79. The Balaban J connectivity index is 2.09. The lowest BCUT2D eigenvalue weighted by atomic mass is 9.96. The summed E-state index contributed by atoms with van der Waals surface area (Å²) in [5.41, 5.74) is 1.48. The molecular formula is C32H47NO4. The average molecular weight is 510 g/mol. The molecule has 0 heterocycles. The molecule has 2 aromatic rings. The van der Waals surface area contributed by atoms with Gasteiger partial charge in [-0.15, -0.1) is 0 Å². The number of ether oxygens (including phenoxy) is 2. The third kappa shape index (κ3) is 14.0. The highest BCUT2D eigenvalue weighted by Crippen LogP contribution is 2.18. The van der Waals surface area contributed by atoms with E-state index in [0.29, 0.717) is 19.4 Å². The first-order valence-electron chi connectivity index (χ1n) is 14.0. The van der Waals surface area contributed by atoms with Crippen molar-refractivity contribution < 1.29 is 19.1 Å². The Morgan fingerprint density at radius 3 is 1.97 bits per heavy atom. The molecular weight excluding hydrogens is 462 g/mol. The number of benzene rings is 2. The largest absolute Gasteiger partial charge is 0.444 e. The third-order valence-electron chi connectivity index (χ3n) is 6.24. The zero-order chi connectivity index (χ0) is 26.9. The molecule has 5 nitrogen and oxygen atoms in total. The van der Waals surface area contributed by atoms with E-state index in [0.717, 1.165) is 24.0 Å². The Labute approximate surface area is 224 Å². The lowest BCUT2D eigenvalue weighted by Crippen LogP contribution is -2.48. The van der Waals surface area contributed by atoms with Gasteiger partial charge in [-0.05, 0) is 44.7 Å². The topological polar surface area (TPSA) is 64.6 Å². The van der Waals surface area contributed by atoms with E-state index in [1.54, 1.807) is 0 Å². The summed E-state index contributed by atoms with van der Waals surface area (Å²) < 4.78 is 11.9. The molecule has 2 aromatic carbocycles. The van der Waals surface area contributed by atoms with Crippen LogP contribution in [0.1, 0.15) is 96.6 Å². The molecule has 204 valence electrons. The van der Waals surface area contributed by atoms with Crippen LogP contribution >= 0.6 is 0 Å². The van der Waals surface area contributed by atoms with E-state index in [9.17, 15) is 9.59 Å². The number of Topliss-reactive ketones (excluding diaryl/α,β-unsaturated/α-hetero) is 1. The van der Waals surface area contributed by atoms with Crippen LogP contribution in [0.2, 0.25) is 0 Å². The summed E-state index contributed by atoms with van der Waals surface area (Å²) >= 11 is 0. The normalized spacial score (nSPS) is 13.1. The van der Waals surface area contributed by atoms with Crippen molar-refractivity contribution in [2.45, 2.75) is 116 Å². The molecule has 0 aliphatic rings. The summed E-state index contributed by atoms with van der Waals surface area (Å²) in [6, 6.07) is 19.5. The van der Waals surface area contributed by atoms with Crippen LogP contribution in [0.4, 0.5) is 4.79 Å². The smallest absolute Gasteiger partial charge is 0.407 e. The molecule has 0 saturated heterocycles. The van der Waals surface area contributed by atoms with Gasteiger partial charge in [-0.2, -0.15) is 0 Å². The van der Waals surface area contributed by atoms with Gasteiger partial charge in [0.05, 0.1) is 18.8 Å². The molecule has 0 spiro atoms. The third-order valence-corrected chi connectivity index (χ3v) is 6.24. The van der Waals surface area contributed by atoms with Crippen molar-refractivity contribution in [3.05, 3.63) is 71.8 Å². The van der Waals surface area contributed by atoms with Gasteiger partial charge in [-0.25, -0.2) is 4.79 Å². The lowest BCUT2D eigenvalue weighted by molar-refractivity contribution is -0.123. The van der Waals surface area contributed by atoms with E-state index >= 15 is 0 Å². The van der Waals surface area contributed by atoms with Crippen molar-refractivity contribution in [2.75, 3.05) is 0 Å². The Morgan fingerprint density at radius 2 is 1.38 bits per heavy atom. The van der Waals surface area contributed by atoms with Crippen LogP contribution in [-0.2, 0) is 27.3 Å².